The van der Waals surface area contributed by atoms with Gasteiger partial charge in [-0.05, 0) is 26.8 Å². The van der Waals surface area contributed by atoms with Crippen LogP contribution in [0.4, 0.5) is 0 Å². The van der Waals surface area contributed by atoms with E-state index in [1.807, 2.05) is 18.2 Å². The Morgan fingerprint density at radius 3 is 2.52 bits per heavy atom. The van der Waals surface area contributed by atoms with Crippen molar-refractivity contribution in [1.29, 1.82) is 0 Å². The van der Waals surface area contributed by atoms with Gasteiger partial charge in [-0.25, -0.2) is 13.1 Å². The third-order valence-electron chi connectivity index (χ3n) is 3.27. The number of nitrogens with zero attached hydrogens (tertiary/aromatic N) is 1. The fourth-order valence-electron chi connectivity index (χ4n) is 2.32. The molecule has 1 aromatic carbocycles. The van der Waals surface area contributed by atoms with Crippen LogP contribution in [0.2, 0.25) is 0 Å². The number of ether oxygens (including phenoxy) is 1. The molecule has 6 nitrogen and oxygen atoms in total. The molecule has 0 amide bonds. The van der Waals surface area contributed by atoms with E-state index in [1.165, 1.54) is 0 Å². The van der Waals surface area contributed by atoms with E-state index in [2.05, 4.69) is 14.9 Å². The predicted molar refractivity (Wildman–Crippen MR) is 79.8 cm³/mol. The lowest BCUT2D eigenvalue weighted by molar-refractivity contribution is 0.405. The molecule has 2 N–H and O–H groups in total. The summed E-state index contributed by atoms with van der Waals surface area (Å²) in [6.45, 7) is 5.12. The van der Waals surface area contributed by atoms with E-state index in [9.17, 15) is 8.42 Å². The predicted octanol–water partition coefficient (Wildman–Crippen LogP) is 2.07. The molecule has 21 heavy (non-hydrogen) atoms. The Kier molecular flexibility index (Phi) is 4.34. The van der Waals surface area contributed by atoms with Crippen LogP contribution in [0.1, 0.15) is 29.9 Å². The van der Waals surface area contributed by atoms with Crippen molar-refractivity contribution in [1.82, 2.24) is 14.9 Å². The van der Waals surface area contributed by atoms with E-state index in [4.69, 9.17) is 4.74 Å². The van der Waals surface area contributed by atoms with E-state index in [1.54, 1.807) is 33.9 Å². The summed E-state index contributed by atoms with van der Waals surface area (Å²) in [5.41, 5.74) is 1.75. The number of benzene rings is 1. The number of aryl methyl sites for hydroxylation is 2. The first kappa shape index (κ1) is 15.5. The van der Waals surface area contributed by atoms with E-state index < -0.39 is 16.1 Å². The first-order valence-electron chi connectivity index (χ1n) is 6.53. The fraction of sp³-hybridized carbons (Fsp3) is 0.357. The Morgan fingerprint density at radius 1 is 1.29 bits per heavy atom. The number of aromatic nitrogens is 2. The maximum absolute atomic E-state index is 12.5. The topological polar surface area (TPSA) is 84.1 Å². The molecule has 0 aliphatic carbocycles. The lowest BCUT2D eigenvalue weighted by atomic mass is 10.1. The Morgan fingerprint density at radius 2 is 1.95 bits per heavy atom. The summed E-state index contributed by atoms with van der Waals surface area (Å²) >= 11 is 0. The van der Waals surface area contributed by atoms with Crippen LogP contribution < -0.4 is 9.46 Å². The van der Waals surface area contributed by atoms with Gasteiger partial charge in [0.15, 0.2) is 0 Å². The summed E-state index contributed by atoms with van der Waals surface area (Å²) in [6.07, 6.45) is 0. The number of hydrogen-bond acceptors (Lipinski definition) is 4. The van der Waals surface area contributed by atoms with Gasteiger partial charge in [0, 0.05) is 11.6 Å². The molecule has 0 saturated heterocycles. The average Bonchev–Trinajstić information content (AvgIpc) is 2.78. The summed E-state index contributed by atoms with van der Waals surface area (Å²) < 4.78 is 32.9. The lowest BCUT2D eigenvalue weighted by Gasteiger charge is -2.17. The van der Waals surface area contributed by atoms with Crippen molar-refractivity contribution in [2.75, 3.05) is 7.11 Å². The van der Waals surface area contributed by atoms with Gasteiger partial charge in [0.05, 0.1) is 18.5 Å². The monoisotopic (exact) mass is 309 g/mol. The van der Waals surface area contributed by atoms with Gasteiger partial charge < -0.3 is 4.74 Å². The number of methoxy groups -OCH3 is 1. The standard InChI is InChI=1S/C14H19N3O3S/c1-9(12-7-5-6-8-13(12)20-4)17-21(18,19)14-10(2)15-16-11(14)3/h5-9,17H,1-4H3,(H,15,16). The first-order chi connectivity index (χ1) is 9.86. The Hall–Kier alpha value is -1.86. The largest absolute Gasteiger partial charge is 0.496 e. The molecule has 1 atom stereocenters. The van der Waals surface area contributed by atoms with Gasteiger partial charge in [0.2, 0.25) is 10.0 Å². The normalized spacial score (nSPS) is 13.1. The maximum Gasteiger partial charge on any atom is 0.244 e. The number of nitrogens with one attached hydrogen (secondary N) is 2. The number of hydrogen-bond donors (Lipinski definition) is 2. The third-order valence-corrected chi connectivity index (χ3v) is 5.07. The second-order valence-electron chi connectivity index (χ2n) is 4.85. The molecule has 2 rings (SSSR count). The SMILES string of the molecule is COc1ccccc1C(C)NS(=O)(=O)c1c(C)n[nH]c1C. The molecular weight excluding hydrogens is 290 g/mol. The summed E-state index contributed by atoms with van der Waals surface area (Å²) in [7, 11) is -2.09. The van der Waals surface area contributed by atoms with Gasteiger partial charge >= 0.3 is 0 Å². The van der Waals surface area contributed by atoms with E-state index in [0.717, 1.165) is 5.56 Å². The number of rotatable bonds is 5. The Balaban J connectivity index is 2.33. The van der Waals surface area contributed by atoms with Crippen molar-refractivity contribution in [2.45, 2.75) is 31.7 Å². The Bertz CT molecular complexity index is 718. The minimum atomic E-state index is -3.65. The molecule has 7 heteroatoms. The fourth-order valence-corrected chi connectivity index (χ4v) is 3.91. The van der Waals surface area contributed by atoms with Gasteiger partial charge in [0.1, 0.15) is 10.6 Å². The van der Waals surface area contributed by atoms with Crippen LogP contribution in [0.25, 0.3) is 0 Å². The van der Waals surface area contributed by atoms with Crippen LogP contribution in [0.5, 0.6) is 5.75 Å². The zero-order valence-corrected chi connectivity index (χ0v) is 13.3. The first-order valence-corrected chi connectivity index (χ1v) is 8.02. The molecule has 0 saturated carbocycles. The zero-order chi connectivity index (χ0) is 15.6. The molecular formula is C14H19N3O3S. The van der Waals surface area contributed by atoms with Gasteiger partial charge in [-0.1, -0.05) is 18.2 Å². The highest BCUT2D eigenvalue weighted by Gasteiger charge is 2.25. The second-order valence-corrected chi connectivity index (χ2v) is 6.50. The average molecular weight is 309 g/mol. The highest BCUT2D eigenvalue weighted by atomic mass is 32.2. The number of aromatic amines is 1. The van der Waals surface area contributed by atoms with Crippen LogP contribution in [0.3, 0.4) is 0 Å². The van der Waals surface area contributed by atoms with Crippen molar-refractivity contribution in [3.63, 3.8) is 0 Å². The zero-order valence-electron chi connectivity index (χ0n) is 12.5. The minimum absolute atomic E-state index is 0.198. The molecule has 2 aromatic rings. The highest BCUT2D eigenvalue weighted by molar-refractivity contribution is 7.89. The Labute approximate surface area is 124 Å². The molecule has 1 aromatic heterocycles. The molecule has 1 unspecified atom stereocenters. The van der Waals surface area contributed by atoms with Crippen LogP contribution in [-0.2, 0) is 10.0 Å². The van der Waals surface area contributed by atoms with Gasteiger partial charge in [-0.2, -0.15) is 5.10 Å². The molecule has 1 heterocycles. The molecule has 0 spiro atoms. The molecule has 0 radical (unpaired) electrons. The second kappa shape index (κ2) is 5.87. The van der Waals surface area contributed by atoms with Crippen LogP contribution in [-0.4, -0.2) is 25.7 Å². The van der Waals surface area contributed by atoms with E-state index >= 15 is 0 Å². The summed E-state index contributed by atoms with van der Waals surface area (Å²) in [5, 5.41) is 6.61. The van der Waals surface area contributed by atoms with Gasteiger partial charge in [-0.3, -0.25) is 5.10 Å². The van der Waals surface area contributed by atoms with Crippen LogP contribution in [0, 0.1) is 13.8 Å². The summed E-state index contributed by atoms with van der Waals surface area (Å²) in [4.78, 5) is 0.198. The summed E-state index contributed by atoms with van der Waals surface area (Å²) in [6, 6.07) is 6.90. The molecule has 0 fully saturated rings. The molecule has 114 valence electrons. The quantitative estimate of drug-likeness (QED) is 0.885. The molecule has 0 aliphatic rings. The number of sulfonamides is 1. The smallest absolute Gasteiger partial charge is 0.244 e. The highest BCUT2D eigenvalue weighted by Crippen LogP contribution is 2.26. The van der Waals surface area contributed by atoms with Crippen molar-refractivity contribution in [2.24, 2.45) is 0 Å². The van der Waals surface area contributed by atoms with Crippen molar-refractivity contribution < 1.29 is 13.2 Å². The van der Waals surface area contributed by atoms with Crippen LogP contribution in [0.15, 0.2) is 29.2 Å². The third kappa shape index (κ3) is 3.08. The van der Waals surface area contributed by atoms with Crippen molar-refractivity contribution >= 4 is 10.0 Å². The lowest BCUT2D eigenvalue weighted by Crippen LogP contribution is -2.28. The van der Waals surface area contributed by atoms with Crippen molar-refractivity contribution in [3.8, 4) is 5.75 Å². The number of para-hydroxylation sites is 1. The van der Waals surface area contributed by atoms with E-state index in [-0.39, 0.29) is 4.90 Å². The van der Waals surface area contributed by atoms with Gasteiger partial charge in [0.25, 0.3) is 0 Å². The maximum atomic E-state index is 12.5. The van der Waals surface area contributed by atoms with Crippen molar-refractivity contribution in [3.05, 3.63) is 41.2 Å². The molecule has 0 bridgehead atoms. The van der Waals surface area contributed by atoms with Gasteiger partial charge in [-0.15, -0.1) is 0 Å². The summed E-state index contributed by atoms with van der Waals surface area (Å²) in [5.74, 6) is 0.647. The molecule has 0 aliphatic heterocycles. The minimum Gasteiger partial charge on any atom is -0.496 e. The number of H-pyrrole nitrogens is 1. The van der Waals surface area contributed by atoms with E-state index in [0.29, 0.717) is 17.1 Å². The van der Waals surface area contributed by atoms with Crippen LogP contribution >= 0.6 is 0 Å².